The molecule has 0 fully saturated rings. The molecule has 0 radical (unpaired) electrons. The molecule has 0 saturated carbocycles. The molecule has 0 spiro atoms. The molecular weight excluding hydrogens is 394 g/mol. The number of nitrogens with one attached hydrogen (secondary N) is 3. The van der Waals surface area contributed by atoms with Crippen LogP contribution in [0.1, 0.15) is 12.5 Å². The van der Waals surface area contributed by atoms with Gasteiger partial charge in [-0.3, -0.25) is 25.8 Å². The average molecular weight is 417 g/mol. The predicted molar refractivity (Wildman–Crippen MR) is 112 cm³/mol. The number of hydrazine groups is 1. The monoisotopic (exact) mass is 417 g/mol. The number of benzene rings is 2. The van der Waals surface area contributed by atoms with Crippen LogP contribution in [0.3, 0.4) is 0 Å². The molecule has 154 valence electrons. The summed E-state index contributed by atoms with van der Waals surface area (Å²) < 4.78 is 15.9. The summed E-state index contributed by atoms with van der Waals surface area (Å²) in [4.78, 5) is 23.7. The third kappa shape index (κ3) is 7.67. The van der Waals surface area contributed by atoms with Gasteiger partial charge in [0.1, 0.15) is 5.75 Å². The fourth-order valence-electron chi connectivity index (χ4n) is 2.21. The summed E-state index contributed by atoms with van der Waals surface area (Å²) in [5.41, 5.74) is 5.93. The molecule has 0 saturated heterocycles. The Bertz CT molecular complexity index is 842. The van der Waals surface area contributed by atoms with Crippen LogP contribution in [0, 0.1) is 0 Å². The third-order valence-electron chi connectivity index (χ3n) is 3.70. The SMILES string of the molecule is CCc1ccc(OCC(=O)NC(=S)NNC(=O)COc2ccccc2OC)cc1. The van der Waals surface area contributed by atoms with Crippen molar-refractivity contribution in [3.05, 3.63) is 54.1 Å². The second kappa shape index (κ2) is 11.5. The molecule has 0 heterocycles. The maximum Gasteiger partial charge on any atom is 0.276 e. The van der Waals surface area contributed by atoms with Gasteiger partial charge in [-0.25, -0.2) is 0 Å². The van der Waals surface area contributed by atoms with Crippen LogP contribution in [-0.4, -0.2) is 37.3 Å². The highest BCUT2D eigenvalue weighted by Gasteiger charge is 2.09. The Morgan fingerprint density at radius 1 is 0.897 bits per heavy atom. The summed E-state index contributed by atoms with van der Waals surface area (Å²) in [6.07, 6.45) is 0.927. The molecule has 2 aromatic rings. The lowest BCUT2D eigenvalue weighted by Gasteiger charge is -2.13. The molecule has 0 aromatic heterocycles. The highest BCUT2D eigenvalue weighted by atomic mass is 32.1. The largest absolute Gasteiger partial charge is 0.493 e. The van der Waals surface area contributed by atoms with E-state index in [0.717, 1.165) is 6.42 Å². The summed E-state index contributed by atoms with van der Waals surface area (Å²) in [5, 5.41) is 2.34. The normalized spacial score (nSPS) is 9.86. The molecule has 9 heteroatoms. The summed E-state index contributed by atoms with van der Waals surface area (Å²) in [5.74, 6) is 0.588. The lowest BCUT2D eigenvalue weighted by atomic mass is 10.2. The maximum atomic E-state index is 11.9. The van der Waals surface area contributed by atoms with Crippen molar-refractivity contribution < 1.29 is 23.8 Å². The van der Waals surface area contributed by atoms with E-state index in [0.29, 0.717) is 17.2 Å². The minimum absolute atomic E-state index is 0.0643. The first kappa shape index (κ1) is 22.0. The lowest BCUT2D eigenvalue weighted by Crippen LogP contribution is -2.50. The Labute approximate surface area is 174 Å². The number of hydrogen-bond acceptors (Lipinski definition) is 6. The number of rotatable bonds is 8. The van der Waals surface area contributed by atoms with Crippen LogP contribution in [0.2, 0.25) is 0 Å². The van der Waals surface area contributed by atoms with Crippen LogP contribution in [0.4, 0.5) is 0 Å². The second-order valence-electron chi connectivity index (χ2n) is 5.78. The van der Waals surface area contributed by atoms with Crippen molar-refractivity contribution in [3.63, 3.8) is 0 Å². The standard InChI is InChI=1S/C20H23N3O5S/c1-3-14-8-10-15(11-9-14)27-12-18(24)21-20(29)23-22-19(25)13-28-17-7-5-4-6-16(17)26-2/h4-11H,3,12-13H2,1-2H3,(H,22,25)(H2,21,23,24,29). The lowest BCUT2D eigenvalue weighted by molar-refractivity contribution is -0.124. The molecule has 2 aromatic carbocycles. The van der Waals surface area contributed by atoms with Crippen LogP contribution >= 0.6 is 12.2 Å². The number of ether oxygens (including phenoxy) is 3. The molecule has 0 bridgehead atoms. The van der Waals surface area contributed by atoms with Crippen molar-refractivity contribution in [1.82, 2.24) is 16.2 Å². The van der Waals surface area contributed by atoms with Gasteiger partial charge in [0, 0.05) is 0 Å². The number of amides is 2. The number of hydrogen-bond donors (Lipinski definition) is 3. The second-order valence-corrected chi connectivity index (χ2v) is 6.18. The van der Waals surface area contributed by atoms with Crippen LogP contribution in [0.5, 0.6) is 17.2 Å². The maximum absolute atomic E-state index is 11.9. The number of para-hydroxylation sites is 2. The van der Waals surface area contributed by atoms with Gasteiger partial charge in [-0.15, -0.1) is 0 Å². The number of aryl methyl sites for hydroxylation is 1. The fraction of sp³-hybridized carbons (Fsp3) is 0.250. The van der Waals surface area contributed by atoms with Gasteiger partial charge >= 0.3 is 0 Å². The molecule has 2 amide bonds. The number of methoxy groups -OCH3 is 1. The molecule has 3 N–H and O–H groups in total. The summed E-state index contributed by atoms with van der Waals surface area (Å²) in [7, 11) is 1.51. The van der Waals surface area contributed by atoms with Crippen LogP contribution in [0.25, 0.3) is 0 Å². The summed E-state index contributed by atoms with van der Waals surface area (Å²) in [6.45, 7) is 1.58. The van der Waals surface area contributed by atoms with Gasteiger partial charge in [0.05, 0.1) is 7.11 Å². The van der Waals surface area contributed by atoms with Gasteiger partial charge in [-0.1, -0.05) is 31.2 Å². The van der Waals surface area contributed by atoms with E-state index in [1.54, 1.807) is 36.4 Å². The third-order valence-corrected chi connectivity index (χ3v) is 3.90. The van der Waals surface area contributed by atoms with Gasteiger partial charge in [-0.05, 0) is 48.5 Å². The smallest absolute Gasteiger partial charge is 0.276 e. The average Bonchev–Trinajstić information content (AvgIpc) is 2.75. The van der Waals surface area contributed by atoms with Crippen molar-refractivity contribution in [2.45, 2.75) is 13.3 Å². The van der Waals surface area contributed by atoms with Crippen LogP contribution in [0.15, 0.2) is 48.5 Å². The number of thiocarbonyl (C=S) groups is 1. The van der Waals surface area contributed by atoms with E-state index in [1.165, 1.54) is 12.7 Å². The quantitative estimate of drug-likeness (QED) is 0.445. The van der Waals surface area contributed by atoms with Crippen LogP contribution < -0.4 is 30.4 Å². The highest BCUT2D eigenvalue weighted by molar-refractivity contribution is 7.80. The van der Waals surface area contributed by atoms with Gasteiger partial charge in [-0.2, -0.15) is 0 Å². The zero-order chi connectivity index (χ0) is 21.1. The van der Waals surface area contributed by atoms with Crippen molar-refractivity contribution in [3.8, 4) is 17.2 Å². The first-order valence-electron chi connectivity index (χ1n) is 8.88. The Morgan fingerprint density at radius 2 is 1.55 bits per heavy atom. The molecule has 0 aliphatic heterocycles. The van der Waals surface area contributed by atoms with Crippen molar-refractivity contribution in [1.29, 1.82) is 0 Å². The molecule has 0 unspecified atom stereocenters. The van der Waals surface area contributed by atoms with E-state index in [1.807, 2.05) is 12.1 Å². The Morgan fingerprint density at radius 3 is 2.21 bits per heavy atom. The fourth-order valence-corrected chi connectivity index (χ4v) is 2.37. The molecule has 2 rings (SSSR count). The van der Waals surface area contributed by atoms with E-state index < -0.39 is 11.8 Å². The van der Waals surface area contributed by atoms with Gasteiger partial charge in [0.2, 0.25) is 0 Å². The van der Waals surface area contributed by atoms with Crippen LogP contribution in [-0.2, 0) is 16.0 Å². The van der Waals surface area contributed by atoms with Gasteiger partial charge in [0.25, 0.3) is 11.8 Å². The van der Waals surface area contributed by atoms with E-state index >= 15 is 0 Å². The first-order valence-corrected chi connectivity index (χ1v) is 9.29. The van der Waals surface area contributed by atoms with Crippen molar-refractivity contribution in [2.75, 3.05) is 20.3 Å². The Kier molecular flexibility index (Phi) is 8.71. The zero-order valence-electron chi connectivity index (χ0n) is 16.2. The van der Waals surface area contributed by atoms with Gasteiger partial charge < -0.3 is 14.2 Å². The Balaban J connectivity index is 1.66. The molecular formula is C20H23N3O5S. The molecule has 0 aliphatic rings. The minimum atomic E-state index is -0.486. The molecule has 8 nitrogen and oxygen atoms in total. The minimum Gasteiger partial charge on any atom is -0.493 e. The molecule has 29 heavy (non-hydrogen) atoms. The van der Waals surface area contributed by atoms with Crippen molar-refractivity contribution >= 4 is 29.1 Å². The highest BCUT2D eigenvalue weighted by Crippen LogP contribution is 2.25. The van der Waals surface area contributed by atoms with Gasteiger partial charge in [0.15, 0.2) is 29.8 Å². The topological polar surface area (TPSA) is 97.9 Å². The van der Waals surface area contributed by atoms with E-state index in [9.17, 15) is 9.59 Å². The first-order chi connectivity index (χ1) is 14.0. The molecule has 0 atom stereocenters. The van der Waals surface area contributed by atoms with E-state index in [2.05, 4.69) is 23.1 Å². The molecule has 0 aliphatic carbocycles. The van der Waals surface area contributed by atoms with E-state index in [-0.39, 0.29) is 18.3 Å². The predicted octanol–water partition coefficient (Wildman–Crippen LogP) is 1.74. The number of carbonyl (C=O) groups excluding carboxylic acids is 2. The summed E-state index contributed by atoms with van der Waals surface area (Å²) >= 11 is 4.96. The summed E-state index contributed by atoms with van der Waals surface area (Å²) in [6, 6.07) is 14.4. The zero-order valence-corrected chi connectivity index (χ0v) is 17.0. The van der Waals surface area contributed by atoms with Crippen molar-refractivity contribution in [2.24, 2.45) is 0 Å². The Hall–Kier alpha value is -3.33. The van der Waals surface area contributed by atoms with E-state index in [4.69, 9.17) is 26.4 Å². The number of carbonyl (C=O) groups is 2.